The molecule has 6 heteroatoms. The van der Waals surface area contributed by atoms with Crippen molar-refractivity contribution >= 4 is 5.69 Å². The normalized spacial score (nSPS) is 22.7. The summed E-state index contributed by atoms with van der Waals surface area (Å²) in [6, 6.07) is 6.29. The highest BCUT2D eigenvalue weighted by Gasteiger charge is 2.32. The molecule has 2 atom stereocenters. The fraction of sp³-hybridized carbons (Fsp3) is 0.389. The summed E-state index contributed by atoms with van der Waals surface area (Å²) in [5, 5.41) is 3.53. The van der Waals surface area contributed by atoms with Crippen molar-refractivity contribution in [2.45, 2.75) is 19.1 Å². The third-order valence-corrected chi connectivity index (χ3v) is 4.69. The Hall–Kier alpha value is -2.21. The number of fused-ring (bicyclic) bond motifs is 2. The van der Waals surface area contributed by atoms with E-state index >= 15 is 0 Å². The van der Waals surface area contributed by atoms with Gasteiger partial charge in [0.25, 0.3) is 0 Å². The minimum Gasteiger partial charge on any atom is -0.487 e. The van der Waals surface area contributed by atoms with E-state index in [1.165, 1.54) is 12.5 Å². The predicted molar refractivity (Wildman–Crippen MR) is 87.0 cm³/mol. The van der Waals surface area contributed by atoms with Gasteiger partial charge in [0.2, 0.25) is 0 Å². The van der Waals surface area contributed by atoms with E-state index < -0.39 is 11.6 Å². The molecular formula is C18H19F2N3O. The quantitative estimate of drug-likeness (QED) is 0.935. The summed E-state index contributed by atoms with van der Waals surface area (Å²) in [5.41, 5.74) is 1.62. The number of benzene rings is 1. The SMILES string of the molecule is Fc1ccc(COc2cncc(N3CC4CNC(C4)C3)c2)cc1F. The fourth-order valence-electron chi connectivity index (χ4n) is 3.50. The second-order valence-electron chi connectivity index (χ2n) is 6.53. The van der Waals surface area contributed by atoms with E-state index in [1.807, 2.05) is 12.3 Å². The molecule has 2 aromatic rings. The molecule has 2 aliphatic rings. The molecule has 2 unspecified atom stereocenters. The second-order valence-corrected chi connectivity index (χ2v) is 6.53. The van der Waals surface area contributed by atoms with Crippen LogP contribution < -0.4 is 15.0 Å². The van der Waals surface area contributed by atoms with Gasteiger partial charge < -0.3 is 15.0 Å². The van der Waals surface area contributed by atoms with Crippen molar-refractivity contribution in [2.24, 2.45) is 5.92 Å². The van der Waals surface area contributed by atoms with Crippen LogP contribution in [0.4, 0.5) is 14.5 Å². The van der Waals surface area contributed by atoms with Crippen molar-refractivity contribution in [2.75, 3.05) is 24.5 Å². The van der Waals surface area contributed by atoms with Gasteiger partial charge in [-0.25, -0.2) is 8.78 Å². The first-order valence-electron chi connectivity index (χ1n) is 8.17. The van der Waals surface area contributed by atoms with E-state index in [-0.39, 0.29) is 6.61 Å². The smallest absolute Gasteiger partial charge is 0.159 e. The fourth-order valence-corrected chi connectivity index (χ4v) is 3.50. The highest BCUT2D eigenvalue weighted by atomic mass is 19.2. The highest BCUT2D eigenvalue weighted by Crippen LogP contribution is 2.28. The highest BCUT2D eigenvalue weighted by molar-refractivity contribution is 5.49. The van der Waals surface area contributed by atoms with E-state index in [1.54, 1.807) is 6.20 Å². The van der Waals surface area contributed by atoms with Gasteiger partial charge in [-0.15, -0.1) is 0 Å². The molecule has 3 heterocycles. The van der Waals surface area contributed by atoms with Gasteiger partial charge in [-0.05, 0) is 30.0 Å². The average molecular weight is 331 g/mol. The summed E-state index contributed by atoms with van der Waals surface area (Å²) in [7, 11) is 0. The van der Waals surface area contributed by atoms with Crippen LogP contribution in [0.2, 0.25) is 0 Å². The molecule has 4 nitrogen and oxygen atoms in total. The van der Waals surface area contributed by atoms with Gasteiger partial charge in [0.1, 0.15) is 12.4 Å². The standard InChI is InChI=1S/C18H19F2N3O/c19-17-2-1-12(4-18(17)20)11-24-16-5-15(7-21-8-16)23-9-13-3-14(10-23)22-6-13/h1-2,4-5,7-8,13-14,22H,3,6,9-11H2. The average Bonchev–Trinajstić information content (AvgIpc) is 2.94. The lowest BCUT2D eigenvalue weighted by molar-refractivity contribution is 0.304. The van der Waals surface area contributed by atoms with Crippen LogP contribution >= 0.6 is 0 Å². The topological polar surface area (TPSA) is 37.4 Å². The summed E-state index contributed by atoms with van der Waals surface area (Å²) < 4.78 is 31.9. The minimum absolute atomic E-state index is 0.176. The Balaban J connectivity index is 1.43. The number of hydrogen-bond acceptors (Lipinski definition) is 4. The van der Waals surface area contributed by atoms with Crippen molar-refractivity contribution in [3.63, 3.8) is 0 Å². The molecule has 2 bridgehead atoms. The Morgan fingerprint density at radius 3 is 2.92 bits per heavy atom. The lowest BCUT2D eigenvalue weighted by atomic mass is 10.00. The molecule has 2 saturated heterocycles. The lowest BCUT2D eigenvalue weighted by Crippen LogP contribution is -2.41. The van der Waals surface area contributed by atoms with Crippen molar-refractivity contribution in [3.05, 3.63) is 53.9 Å². The Morgan fingerprint density at radius 1 is 1.17 bits per heavy atom. The zero-order chi connectivity index (χ0) is 16.5. The zero-order valence-corrected chi connectivity index (χ0v) is 13.2. The van der Waals surface area contributed by atoms with E-state index in [4.69, 9.17) is 4.74 Å². The first kappa shape index (κ1) is 15.3. The summed E-state index contributed by atoms with van der Waals surface area (Å²) in [6.07, 6.45) is 4.73. The predicted octanol–water partition coefficient (Wildman–Crippen LogP) is 2.74. The molecular weight excluding hydrogens is 312 g/mol. The number of ether oxygens (including phenoxy) is 1. The number of halogens is 2. The first-order chi connectivity index (χ1) is 11.7. The zero-order valence-electron chi connectivity index (χ0n) is 13.2. The number of piperidine rings is 1. The molecule has 126 valence electrons. The molecule has 24 heavy (non-hydrogen) atoms. The molecule has 1 aromatic carbocycles. The first-order valence-corrected chi connectivity index (χ1v) is 8.17. The van der Waals surface area contributed by atoms with Crippen LogP contribution in [0.3, 0.4) is 0 Å². The number of rotatable bonds is 4. The van der Waals surface area contributed by atoms with Crippen molar-refractivity contribution < 1.29 is 13.5 Å². The Morgan fingerprint density at radius 2 is 2.08 bits per heavy atom. The largest absolute Gasteiger partial charge is 0.487 e. The van der Waals surface area contributed by atoms with Crippen LogP contribution in [0.15, 0.2) is 36.7 Å². The maximum atomic E-state index is 13.2. The molecule has 1 aromatic heterocycles. The van der Waals surface area contributed by atoms with Crippen molar-refractivity contribution in [1.29, 1.82) is 0 Å². The summed E-state index contributed by atoms with van der Waals surface area (Å²) in [5.74, 6) is -0.395. The minimum atomic E-state index is -0.862. The van der Waals surface area contributed by atoms with Gasteiger partial charge in [-0.2, -0.15) is 0 Å². The summed E-state index contributed by atoms with van der Waals surface area (Å²) in [4.78, 5) is 6.58. The maximum absolute atomic E-state index is 13.2. The third-order valence-electron chi connectivity index (χ3n) is 4.69. The van der Waals surface area contributed by atoms with Gasteiger partial charge in [0, 0.05) is 31.7 Å². The summed E-state index contributed by atoms with van der Waals surface area (Å²) >= 11 is 0. The second kappa shape index (κ2) is 6.36. The van der Waals surface area contributed by atoms with Crippen LogP contribution in [0.25, 0.3) is 0 Å². The molecule has 0 spiro atoms. The van der Waals surface area contributed by atoms with E-state index in [0.717, 1.165) is 37.5 Å². The van der Waals surface area contributed by atoms with E-state index in [0.29, 0.717) is 23.3 Å². The van der Waals surface area contributed by atoms with Gasteiger partial charge in [-0.1, -0.05) is 6.07 Å². The number of nitrogens with zero attached hydrogens (tertiary/aromatic N) is 2. The number of aromatic nitrogens is 1. The number of nitrogens with one attached hydrogen (secondary N) is 1. The van der Waals surface area contributed by atoms with E-state index in [9.17, 15) is 8.78 Å². The van der Waals surface area contributed by atoms with Gasteiger partial charge in [-0.3, -0.25) is 4.98 Å². The third kappa shape index (κ3) is 3.19. The molecule has 0 amide bonds. The van der Waals surface area contributed by atoms with Crippen LogP contribution in [0.5, 0.6) is 5.75 Å². The monoisotopic (exact) mass is 331 g/mol. The van der Waals surface area contributed by atoms with Crippen molar-refractivity contribution in [3.8, 4) is 5.75 Å². The van der Waals surface area contributed by atoms with Gasteiger partial charge in [0.15, 0.2) is 11.6 Å². The Kier molecular flexibility index (Phi) is 4.06. The lowest BCUT2D eigenvalue weighted by Gasteiger charge is -2.32. The maximum Gasteiger partial charge on any atom is 0.159 e. The van der Waals surface area contributed by atoms with Crippen LogP contribution in [0.1, 0.15) is 12.0 Å². The molecule has 0 saturated carbocycles. The van der Waals surface area contributed by atoms with Gasteiger partial charge >= 0.3 is 0 Å². The molecule has 1 N–H and O–H groups in total. The number of pyridine rings is 1. The summed E-state index contributed by atoms with van der Waals surface area (Å²) in [6.45, 7) is 3.26. The van der Waals surface area contributed by atoms with Crippen LogP contribution in [-0.2, 0) is 6.61 Å². The van der Waals surface area contributed by atoms with Crippen LogP contribution in [-0.4, -0.2) is 30.7 Å². The molecule has 0 radical (unpaired) electrons. The van der Waals surface area contributed by atoms with Crippen LogP contribution in [0, 0.1) is 17.6 Å². The molecule has 2 aliphatic heterocycles. The van der Waals surface area contributed by atoms with Crippen molar-refractivity contribution in [1.82, 2.24) is 10.3 Å². The molecule has 0 aliphatic carbocycles. The molecule has 2 fully saturated rings. The number of hydrogen-bond donors (Lipinski definition) is 1. The molecule has 4 rings (SSSR count). The van der Waals surface area contributed by atoms with Gasteiger partial charge in [0.05, 0.1) is 18.1 Å². The van der Waals surface area contributed by atoms with E-state index in [2.05, 4.69) is 15.2 Å². The Bertz CT molecular complexity index is 728. The number of anilines is 1. The Labute approximate surface area is 139 Å².